The third-order valence-electron chi connectivity index (χ3n) is 3.44. The maximum Gasteiger partial charge on any atom is 0.407 e. The molecule has 5 nitrogen and oxygen atoms in total. The summed E-state index contributed by atoms with van der Waals surface area (Å²) in [5.41, 5.74) is -0.535. The average Bonchev–Trinajstić information content (AvgIpc) is 2.86. The van der Waals surface area contributed by atoms with Gasteiger partial charge in [-0.15, -0.1) is 0 Å². The third kappa shape index (κ3) is 5.30. The number of halogens is 1. The zero-order valence-corrected chi connectivity index (χ0v) is 15.1. The first-order chi connectivity index (χ1) is 11.9. The molecule has 1 aromatic rings. The first-order valence-corrected chi connectivity index (χ1v) is 8.36. The van der Waals surface area contributed by atoms with E-state index < -0.39 is 18.7 Å². The first-order valence-electron chi connectivity index (χ1n) is 9.07. The Kier molecular flexibility index (Phi) is 4.51. The lowest BCUT2D eigenvalue weighted by Crippen LogP contribution is -2.38. The normalized spacial score (nSPS) is 23.4. The van der Waals surface area contributed by atoms with Crippen LogP contribution in [0.2, 0.25) is 0 Å². The zero-order chi connectivity index (χ0) is 19.5. The number of carbonyl (C=O) groups is 1. The Labute approximate surface area is 150 Å². The molecule has 0 aromatic heterocycles. The van der Waals surface area contributed by atoms with Crippen LogP contribution in [-0.4, -0.2) is 30.9 Å². The van der Waals surface area contributed by atoms with E-state index in [9.17, 15) is 4.79 Å². The number of rotatable bonds is 4. The third-order valence-corrected chi connectivity index (χ3v) is 4.22. The van der Waals surface area contributed by atoms with Crippen LogP contribution in [0.15, 0.2) is 22.7 Å². The van der Waals surface area contributed by atoms with Gasteiger partial charge < -0.3 is 19.5 Å². The van der Waals surface area contributed by atoms with Crippen LogP contribution in [-0.2, 0) is 4.74 Å². The highest BCUT2D eigenvalue weighted by molar-refractivity contribution is 9.10. The van der Waals surface area contributed by atoms with Crippen LogP contribution in [0.3, 0.4) is 0 Å². The van der Waals surface area contributed by atoms with Crippen LogP contribution in [0, 0.1) is 0 Å². The molecular weight excluding hydrogens is 362 g/mol. The van der Waals surface area contributed by atoms with Crippen molar-refractivity contribution in [2.75, 3.05) is 7.04 Å². The summed E-state index contributed by atoms with van der Waals surface area (Å²) in [5, 5.41) is 2.86. The van der Waals surface area contributed by atoms with E-state index in [1.165, 1.54) is 0 Å². The Morgan fingerprint density at radius 3 is 2.78 bits per heavy atom. The van der Waals surface area contributed by atoms with Gasteiger partial charge in [0.05, 0.1) is 11.2 Å². The first kappa shape index (κ1) is 14.0. The number of alkyl carbamates (subject to hydrolysis) is 1. The molecule has 6 heteroatoms. The van der Waals surface area contributed by atoms with Crippen molar-refractivity contribution in [2.24, 2.45) is 0 Å². The van der Waals surface area contributed by atoms with Gasteiger partial charge in [0.2, 0.25) is 0 Å². The Morgan fingerprint density at radius 1 is 1.35 bits per heavy atom. The lowest BCUT2D eigenvalue weighted by Gasteiger charge is -2.22. The van der Waals surface area contributed by atoms with Gasteiger partial charge in [-0.3, -0.25) is 0 Å². The van der Waals surface area contributed by atoms with E-state index in [2.05, 4.69) is 21.2 Å². The van der Waals surface area contributed by atoms with Crippen LogP contribution in [0.1, 0.15) is 44.1 Å². The predicted octanol–water partition coefficient (Wildman–Crippen LogP) is 4.28. The predicted molar refractivity (Wildman–Crippen MR) is 92.1 cm³/mol. The van der Waals surface area contributed by atoms with Crippen LogP contribution in [0.25, 0.3) is 0 Å². The molecule has 1 aromatic carbocycles. The molecule has 1 fully saturated rings. The molecule has 1 N–H and O–H groups in total. The summed E-state index contributed by atoms with van der Waals surface area (Å²) in [5.74, 6) is 0.707. The standard InChI is InChI=1S/C17H24BrNO4/c1-17(2,3)23-16(20)19-11-8-9-12(10-11)22-14-7-5-6-13(21-4)15(14)18/h5-7,11-12H,8-10H2,1-4H3,(H,19,20)/t11-,12+/m0/s1/i4D3. The minimum atomic E-state index is -2.53. The van der Waals surface area contributed by atoms with Gasteiger partial charge in [0.25, 0.3) is 0 Å². The molecular formula is C17H24BrNO4. The minimum absolute atomic E-state index is 0.0181. The van der Waals surface area contributed by atoms with Gasteiger partial charge in [-0.25, -0.2) is 4.79 Å². The van der Waals surface area contributed by atoms with E-state index in [0.29, 0.717) is 16.6 Å². The Morgan fingerprint density at radius 2 is 2.09 bits per heavy atom. The Hall–Kier alpha value is -1.43. The molecule has 1 saturated carbocycles. The maximum atomic E-state index is 11.9. The molecule has 2 atom stereocenters. The van der Waals surface area contributed by atoms with E-state index in [1.54, 1.807) is 18.2 Å². The van der Waals surface area contributed by atoms with Gasteiger partial charge in [0.15, 0.2) is 0 Å². The quantitative estimate of drug-likeness (QED) is 0.835. The summed E-state index contributed by atoms with van der Waals surface area (Å²) in [6.07, 6.45) is 1.69. The molecule has 0 radical (unpaired) electrons. The van der Waals surface area contributed by atoms with E-state index in [4.69, 9.17) is 18.3 Å². The molecule has 128 valence electrons. The van der Waals surface area contributed by atoms with Crippen molar-refractivity contribution in [2.45, 2.75) is 57.8 Å². The van der Waals surface area contributed by atoms with Crippen molar-refractivity contribution in [3.05, 3.63) is 22.7 Å². The number of benzene rings is 1. The number of nitrogens with one attached hydrogen (secondary N) is 1. The molecule has 0 saturated heterocycles. The monoisotopic (exact) mass is 388 g/mol. The smallest absolute Gasteiger partial charge is 0.407 e. The number of methoxy groups -OCH3 is 1. The zero-order valence-electron chi connectivity index (χ0n) is 16.5. The molecule has 1 amide bonds. The van der Waals surface area contributed by atoms with Crippen molar-refractivity contribution in [3.8, 4) is 11.5 Å². The van der Waals surface area contributed by atoms with Crippen molar-refractivity contribution < 1.29 is 23.1 Å². The van der Waals surface area contributed by atoms with Gasteiger partial charge in [0, 0.05) is 12.5 Å². The SMILES string of the molecule is [2H]C([2H])([2H])Oc1cccc(O[C@@H]2CC[C@H](NC(=O)OC(C)(C)C)C2)c1Br. The van der Waals surface area contributed by atoms with E-state index in [-0.39, 0.29) is 17.9 Å². The molecule has 1 aliphatic rings. The molecule has 0 unspecified atom stereocenters. The number of amides is 1. The highest BCUT2D eigenvalue weighted by Crippen LogP contribution is 2.36. The lowest BCUT2D eigenvalue weighted by atomic mass is 10.2. The maximum absolute atomic E-state index is 11.9. The molecule has 23 heavy (non-hydrogen) atoms. The van der Waals surface area contributed by atoms with Gasteiger partial charge >= 0.3 is 6.09 Å². The minimum Gasteiger partial charge on any atom is -0.495 e. The van der Waals surface area contributed by atoms with E-state index >= 15 is 0 Å². The van der Waals surface area contributed by atoms with Gasteiger partial charge in [-0.2, -0.15) is 0 Å². The molecule has 0 aliphatic heterocycles. The molecule has 0 bridgehead atoms. The highest BCUT2D eigenvalue weighted by Gasteiger charge is 2.29. The van der Waals surface area contributed by atoms with Crippen molar-refractivity contribution in [3.63, 3.8) is 0 Å². The summed E-state index contributed by atoms with van der Waals surface area (Å²) < 4.78 is 38.3. The second kappa shape index (κ2) is 7.43. The summed E-state index contributed by atoms with van der Waals surface area (Å²) in [6.45, 7) is 5.46. The summed E-state index contributed by atoms with van der Waals surface area (Å²) >= 11 is 3.34. The fourth-order valence-corrected chi connectivity index (χ4v) is 2.93. The molecule has 1 aliphatic carbocycles. The largest absolute Gasteiger partial charge is 0.495 e. The van der Waals surface area contributed by atoms with Gasteiger partial charge in [0.1, 0.15) is 27.7 Å². The van der Waals surface area contributed by atoms with E-state index in [1.807, 2.05) is 20.8 Å². The molecule has 2 rings (SSSR count). The van der Waals surface area contributed by atoms with Crippen molar-refractivity contribution in [1.82, 2.24) is 5.32 Å². The van der Waals surface area contributed by atoms with Crippen molar-refractivity contribution in [1.29, 1.82) is 0 Å². The van der Waals surface area contributed by atoms with Crippen LogP contribution < -0.4 is 14.8 Å². The molecule has 0 spiro atoms. The van der Waals surface area contributed by atoms with Gasteiger partial charge in [-0.1, -0.05) is 6.07 Å². The van der Waals surface area contributed by atoms with Gasteiger partial charge in [-0.05, 0) is 61.7 Å². The number of hydrogen-bond donors (Lipinski definition) is 1. The number of hydrogen-bond acceptors (Lipinski definition) is 4. The summed E-state index contributed by atoms with van der Waals surface area (Å²) in [6, 6.07) is 4.96. The Balaban J connectivity index is 1.93. The Bertz CT molecular complexity index is 646. The number of carbonyl (C=O) groups excluding carboxylic acids is 1. The van der Waals surface area contributed by atoms with Crippen molar-refractivity contribution >= 4 is 22.0 Å². The second-order valence-corrected chi connectivity index (χ2v) is 7.36. The van der Waals surface area contributed by atoms with Crippen LogP contribution >= 0.6 is 15.9 Å². The average molecular weight is 389 g/mol. The van der Waals surface area contributed by atoms with E-state index in [0.717, 1.165) is 12.8 Å². The fraction of sp³-hybridized carbons (Fsp3) is 0.588. The van der Waals surface area contributed by atoms with Crippen LogP contribution in [0.5, 0.6) is 11.5 Å². The summed E-state index contributed by atoms with van der Waals surface area (Å²) in [4.78, 5) is 11.9. The topological polar surface area (TPSA) is 56.8 Å². The lowest BCUT2D eigenvalue weighted by molar-refractivity contribution is 0.0503. The number of ether oxygens (including phenoxy) is 3. The second-order valence-electron chi connectivity index (χ2n) is 6.57. The van der Waals surface area contributed by atoms with Crippen LogP contribution in [0.4, 0.5) is 4.79 Å². The summed E-state index contributed by atoms with van der Waals surface area (Å²) in [7, 11) is -2.53. The highest BCUT2D eigenvalue weighted by atomic mass is 79.9. The molecule has 0 heterocycles. The fourth-order valence-electron chi connectivity index (χ4n) is 2.49.